The van der Waals surface area contributed by atoms with Crippen molar-refractivity contribution in [2.45, 2.75) is 6.92 Å². The summed E-state index contributed by atoms with van der Waals surface area (Å²) in [6, 6.07) is 20.9. The van der Waals surface area contributed by atoms with Gasteiger partial charge in [0.05, 0.1) is 11.4 Å². The number of anilines is 3. The average Bonchev–Trinajstić information content (AvgIpc) is 3.09. The van der Waals surface area contributed by atoms with Gasteiger partial charge in [0.15, 0.2) is 0 Å². The molecule has 0 saturated carbocycles. The molecule has 0 bridgehead atoms. The van der Waals surface area contributed by atoms with Crippen molar-refractivity contribution in [1.29, 1.82) is 0 Å². The Labute approximate surface area is 156 Å². The third-order valence-electron chi connectivity index (χ3n) is 3.60. The van der Waals surface area contributed by atoms with Crippen LogP contribution in [0.5, 0.6) is 0 Å². The molecule has 0 aliphatic rings. The van der Waals surface area contributed by atoms with Gasteiger partial charge >= 0.3 is 0 Å². The lowest BCUT2D eigenvalue weighted by molar-refractivity contribution is -0.115. The highest BCUT2D eigenvalue weighted by Crippen LogP contribution is 2.18. The van der Waals surface area contributed by atoms with Gasteiger partial charge in [-0.2, -0.15) is 0 Å². The number of amides is 2. The summed E-state index contributed by atoms with van der Waals surface area (Å²) < 4.78 is 0. The Hall–Kier alpha value is -3.12. The molecule has 0 saturated heterocycles. The van der Waals surface area contributed by atoms with Crippen LogP contribution in [-0.4, -0.2) is 18.4 Å². The van der Waals surface area contributed by atoms with Crippen molar-refractivity contribution < 1.29 is 9.59 Å². The third-order valence-corrected chi connectivity index (χ3v) is 4.60. The fraction of sp³-hybridized carbons (Fsp3) is 0.100. The molecule has 0 aliphatic carbocycles. The minimum Gasteiger partial charge on any atom is -0.356 e. The maximum atomic E-state index is 12.0. The van der Waals surface area contributed by atoms with Crippen molar-refractivity contribution in [2.75, 3.05) is 17.2 Å². The first kappa shape index (κ1) is 17.7. The quantitative estimate of drug-likeness (QED) is 0.614. The molecular formula is C20H19N3O2S. The molecule has 26 heavy (non-hydrogen) atoms. The van der Waals surface area contributed by atoms with Gasteiger partial charge in [-0.3, -0.25) is 9.59 Å². The second-order valence-electron chi connectivity index (χ2n) is 5.71. The van der Waals surface area contributed by atoms with Crippen molar-refractivity contribution >= 4 is 40.2 Å². The first-order chi connectivity index (χ1) is 12.6. The van der Waals surface area contributed by atoms with E-state index in [4.69, 9.17) is 0 Å². The Bertz CT molecular complexity index is 889. The molecule has 132 valence electrons. The Balaban J connectivity index is 1.49. The summed E-state index contributed by atoms with van der Waals surface area (Å²) in [5, 5.41) is 8.67. The largest absolute Gasteiger partial charge is 0.356 e. The van der Waals surface area contributed by atoms with E-state index in [9.17, 15) is 9.59 Å². The summed E-state index contributed by atoms with van der Waals surface area (Å²) in [5.41, 5.74) is 2.60. The molecular weight excluding hydrogens is 346 g/mol. The number of carbonyl (C=O) groups excluding carboxylic acids is 2. The van der Waals surface area contributed by atoms with E-state index in [-0.39, 0.29) is 18.4 Å². The van der Waals surface area contributed by atoms with Crippen molar-refractivity contribution in [3.8, 4) is 0 Å². The fourth-order valence-electron chi connectivity index (χ4n) is 2.33. The molecule has 2 aromatic carbocycles. The zero-order valence-corrected chi connectivity index (χ0v) is 15.1. The minimum absolute atomic E-state index is 0.0696. The van der Waals surface area contributed by atoms with E-state index >= 15 is 0 Å². The van der Waals surface area contributed by atoms with Crippen LogP contribution in [0, 0.1) is 6.92 Å². The third kappa shape index (κ3) is 4.94. The van der Waals surface area contributed by atoms with E-state index in [1.165, 1.54) is 11.3 Å². The van der Waals surface area contributed by atoms with Crippen LogP contribution in [0.1, 0.15) is 14.5 Å². The zero-order chi connectivity index (χ0) is 18.4. The molecule has 1 heterocycles. The summed E-state index contributed by atoms with van der Waals surface area (Å²) >= 11 is 1.40. The number of nitrogens with one attached hydrogen (secondary N) is 3. The van der Waals surface area contributed by atoms with E-state index in [1.54, 1.807) is 6.07 Å². The van der Waals surface area contributed by atoms with Crippen LogP contribution in [0.25, 0.3) is 0 Å². The van der Waals surface area contributed by atoms with Crippen molar-refractivity contribution in [2.24, 2.45) is 0 Å². The predicted octanol–water partition coefficient (Wildman–Crippen LogP) is 4.17. The van der Waals surface area contributed by atoms with Crippen LogP contribution >= 0.6 is 11.3 Å². The lowest BCUT2D eigenvalue weighted by Gasteiger charge is -2.09. The topological polar surface area (TPSA) is 70.2 Å². The predicted molar refractivity (Wildman–Crippen MR) is 106 cm³/mol. The van der Waals surface area contributed by atoms with Crippen molar-refractivity contribution in [1.82, 2.24) is 5.32 Å². The molecule has 0 fully saturated rings. The summed E-state index contributed by atoms with van der Waals surface area (Å²) in [7, 11) is 0. The molecule has 6 heteroatoms. The Morgan fingerprint density at radius 2 is 1.50 bits per heavy atom. The Morgan fingerprint density at radius 3 is 2.15 bits per heavy atom. The van der Waals surface area contributed by atoms with E-state index in [2.05, 4.69) is 16.0 Å². The van der Waals surface area contributed by atoms with Crippen LogP contribution in [0.2, 0.25) is 0 Å². The molecule has 0 spiro atoms. The van der Waals surface area contributed by atoms with E-state index in [1.807, 2.05) is 67.6 Å². The van der Waals surface area contributed by atoms with Gasteiger partial charge in [-0.25, -0.2) is 0 Å². The number of rotatable bonds is 6. The highest BCUT2D eigenvalue weighted by atomic mass is 32.1. The number of aryl methyl sites for hydroxylation is 1. The summed E-state index contributed by atoms with van der Waals surface area (Å²) in [6.45, 7) is 1.87. The van der Waals surface area contributed by atoms with Crippen molar-refractivity contribution in [3.63, 3.8) is 0 Å². The molecule has 2 amide bonds. The van der Waals surface area contributed by atoms with Crippen LogP contribution in [-0.2, 0) is 4.79 Å². The molecule has 3 aromatic rings. The van der Waals surface area contributed by atoms with E-state index in [0.717, 1.165) is 16.3 Å². The summed E-state index contributed by atoms with van der Waals surface area (Å²) in [4.78, 5) is 25.6. The van der Waals surface area contributed by atoms with Gasteiger partial charge in [0.2, 0.25) is 5.91 Å². The highest BCUT2D eigenvalue weighted by molar-refractivity contribution is 7.13. The summed E-state index contributed by atoms with van der Waals surface area (Å²) in [5.74, 6) is -0.504. The number of thiophene rings is 1. The monoisotopic (exact) mass is 365 g/mol. The lowest BCUT2D eigenvalue weighted by atomic mass is 10.2. The normalized spacial score (nSPS) is 10.2. The molecule has 0 unspecified atom stereocenters. The first-order valence-electron chi connectivity index (χ1n) is 8.17. The second kappa shape index (κ2) is 8.31. The van der Waals surface area contributed by atoms with Gasteiger partial charge in [-0.05, 0) is 55.5 Å². The number of hydrogen-bond acceptors (Lipinski definition) is 4. The van der Waals surface area contributed by atoms with Crippen LogP contribution in [0.15, 0.2) is 66.7 Å². The fourth-order valence-corrected chi connectivity index (χ4v) is 3.12. The van der Waals surface area contributed by atoms with Crippen LogP contribution in [0.4, 0.5) is 17.1 Å². The molecule has 5 nitrogen and oxygen atoms in total. The van der Waals surface area contributed by atoms with Gasteiger partial charge in [-0.15, -0.1) is 11.3 Å². The highest BCUT2D eigenvalue weighted by Gasteiger charge is 2.10. The molecule has 0 aliphatic heterocycles. The maximum absolute atomic E-state index is 12.0. The number of para-hydroxylation sites is 1. The standard InChI is InChI=1S/C20H19N3O2S/c1-14-7-12-18(26-14)20(25)21-13-19(24)23-17-10-8-16(9-11-17)22-15-5-3-2-4-6-15/h2-12,22H,13H2,1H3,(H,21,25)(H,23,24). The molecule has 1 aromatic heterocycles. The van der Waals surface area contributed by atoms with Gasteiger partial charge in [0, 0.05) is 21.9 Å². The smallest absolute Gasteiger partial charge is 0.261 e. The number of carbonyl (C=O) groups is 2. The molecule has 0 radical (unpaired) electrons. The lowest BCUT2D eigenvalue weighted by Crippen LogP contribution is -2.32. The van der Waals surface area contributed by atoms with E-state index < -0.39 is 0 Å². The zero-order valence-electron chi connectivity index (χ0n) is 14.3. The SMILES string of the molecule is Cc1ccc(C(=O)NCC(=O)Nc2ccc(Nc3ccccc3)cc2)s1. The Morgan fingerprint density at radius 1 is 0.846 bits per heavy atom. The van der Waals surface area contributed by atoms with Crippen molar-refractivity contribution in [3.05, 3.63) is 76.5 Å². The van der Waals surface area contributed by atoms with Gasteiger partial charge in [0.25, 0.3) is 5.91 Å². The number of benzene rings is 2. The molecule has 3 N–H and O–H groups in total. The number of hydrogen-bond donors (Lipinski definition) is 3. The Kier molecular flexibility index (Phi) is 5.66. The minimum atomic E-state index is -0.268. The molecule has 0 atom stereocenters. The van der Waals surface area contributed by atoms with Gasteiger partial charge in [0.1, 0.15) is 0 Å². The maximum Gasteiger partial charge on any atom is 0.261 e. The summed E-state index contributed by atoms with van der Waals surface area (Å²) in [6.07, 6.45) is 0. The first-order valence-corrected chi connectivity index (χ1v) is 8.98. The van der Waals surface area contributed by atoms with Gasteiger partial charge in [-0.1, -0.05) is 18.2 Å². The molecule has 3 rings (SSSR count). The van der Waals surface area contributed by atoms with Crippen LogP contribution < -0.4 is 16.0 Å². The van der Waals surface area contributed by atoms with Gasteiger partial charge < -0.3 is 16.0 Å². The van der Waals surface area contributed by atoms with E-state index in [0.29, 0.717) is 10.6 Å². The second-order valence-corrected chi connectivity index (χ2v) is 7.00. The average molecular weight is 365 g/mol. The van der Waals surface area contributed by atoms with Crippen LogP contribution in [0.3, 0.4) is 0 Å².